The average molecular weight is 268 g/mol. The Morgan fingerprint density at radius 3 is 2.82 bits per heavy atom. The summed E-state index contributed by atoms with van der Waals surface area (Å²) in [4.78, 5) is 16.0. The van der Waals surface area contributed by atoms with Gasteiger partial charge >= 0.3 is 5.97 Å². The molecular formula is C12H10ClNO2S. The summed E-state index contributed by atoms with van der Waals surface area (Å²) in [5.41, 5.74) is 0.907. The van der Waals surface area contributed by atoms with Crippen molar-refractivity contribution in [3.05, 3.63) is 51.4 Å². The molecule has 3 nitrogen and oxygen atoms in total. The second-order valence-electron chi connectivity index (χ2n) is 3.60. The van der Waals surface area contributed by atoms with E-state index in [1.54, 1.807) is 30.6 Å². The lowest BCUT2D eigenvalue weighted by molar-refractivity contribution is -0.138. The normalized spacial score (nSPS) is 12.3. The molecule has 5 heteroatoms. The number of nitrogens with zero attached hydrogens (tertiary/aromatic N) is 1. The first kappa shape index (κ1) is 12.1. The van der Waals surface area contributed by atoms with Gasteiger partial charge in [-0.15, -0.1) is 11.3 Å². The highest BCUT2D eigenvalue weighted by Crippen LogP contribution is 2.30. The molecule has 2 aromatic rings. The minimum Gasteiger partial charge on any atom is -0.481 e. The topological polar surface area (TPSA) is 50.2 Å². The van der Waals surface area contributed by atoms with Crippen LogP contribution in [0.15, 0.2) is 36.7 Å². The molecule has 0 aromatic carbocycles. The molecule has 0 amide bonds. The van der Waals surface area contributed by atoms with Crippen molar-refractivity contribution in [1.82, 2.24) is 4.98 Å². The van der Waals surface area contributed by atoms with Gasteiger partial charge in [0.25, 0.3) is 0 Å². The van der Waals surface area contributed by atoms with E-state index in [1.165, 1.54) is 11.3 Å². The number of hydrogen-bond donors (Lipinski definition) is 1. The highest BCUT2D eigenvalue weighted by atomic mass is 35.5. The standard InChI is InChI=1S/C12H10ClNO2S/c13-11-4-3-10(17-11)9(12(15)16)6-8-2-1-5-14-7-8/h1-5,7,9H,6H2,(H,15,16). The van der Waals surface area contributed by atoms with E-state index in [4.69, 9.17) is 11.6 Å². The third-order valence-corrected chi connectivity index (χ3v) is 3.74. The van der Waals surface area contributed by atoms with Crippen LogP contribution in [0.25, 0.3) is 0 Å². The van der Waals surface area contributed by atoms with Crippen LogP contribution in [0.3, 0.4) is 0 Å². The fourth-order valence-corrected chi connectivity index (χ4v) is 2.73. The van der Waals surface area contributed by atoms with E-state index in [0.29, 0.717) is 10.8 Å². The average Bonchev–Trinajstić information content (AvgIpc) is 2.73. The summed E-state index contributed by atoms with van der Waals surface area (Å²) in [5, 5.41) is 9.24. The lowest BCUT2D eigenvalue weighted by Gasteiger charge is -2.09. The number of halogens is 1. The van der Waals surface area contributed by atoms with Crippen LogP contribution in [0.1, 0.15) is 16.4 Å². The van der Waals surface area contributed by atoms with Crippen molar-refractivity contribution in [3.8, 4) is 0 Å². The highest BCUT2D eigenvalue weighted by molar-refractivity contribution is 7.16. The quantitative estimate of drug-likeness (QED) is 0.925. The van der Waals surface area contributed by atoms with Crippen LogP contribution in [0.5, 0.6) is 0 Å². The number of rotatable bonds is 4. The Balaban J connectivity index is 2.22. The van der Waals surface area contributed by atoms with Gasteiger partial charge in [0, 0.05) is 17.3 Å². The SMILES string of the molecule is O=C(O)C(Cc1cccnc1)c1ccc(Cl)s1. The predicted octanol–water partition coefficient (Wildman–Crippen LogP) is 3.21. The molecule has 0 spiro atoms. The van der Waals surface area contributed by atoms with Gasteiger partial charge in [-0.25, -0.2) is 0 Å². The summed E-state index contributed by atoms with van der Waals surface area (Å²) in [5.74, 6) is -1.40. The Kier molecular flexibility index (Phi) is 3.76. The smallest absolute Gasteiger partial charge is 0.312 e. The molecule has 0 aliphatic rings. The molecule has 0 aliphatic carbocycles. The third-order valence-electron chi connectivity index (χ3n) is 2.40. The summed E-state index contributed by atoms with van der Waals surface area (Å²) < 4.78 is 0.609. The zero-order chi connectivity index (χ0) is 12.3. The second-order valence-corrected chi connectivity index (χ2v) is 5.34. The van der Waals surface area contributed by atoms with Gasteiger partial charge in [0.1, 0.15) is 0 Å². The Morgan fingerprint density at radius 2 is 2.29 bits per heavy atom. The van der Waals surface area contributed by atoms with E-state index in [9.17, 15) is 9.90 Å². The first-order valence-electron chi connectivity index (χ1n) is 5.04. The van der Waals surface area contributed by atoms with Crippen LogP contribution in [0, 0.1) is 0 Å². The summed E-state index contributed by atoms with van der Waals surface area (Å²) in [7, 11) is 0. The molecule has 0 saturated heterocycles. The predicted molar refractivity (Wildman–Crippen MR) is 67.6 cm³/mol. The molecule has 88 valence electrons. The van der Waals surface area contributed by atoms with Crippen LogP contribution < -0.4 is 0 Å². The van der Waals surface area contributed by atoms with Crippen LogP contribution in [-0.2, 0) is 11.2 Å². The number of thiophene rings is 1. The summed E-state index contributed by atoms with van der Waals surface area (Å²) in [6.45, 7) is 0. The first-order valence-corrected chi connectivity index (χ1v) is 6.23. The number of carboxylic acids is 1. The Labute approximate surface area is 108 Å². The molecule has 0 bridgehead atoms. The minimum atomic E-state index is -0.840. The zero-order valence-corrected chi connectivity index (χ0v) is 10.4. The molecule has 1 unspecified atom stereocenters. The van der Waals surface area contributed by atoms with Crippen molar-refractivity contribution in [1.29, 1.82) is 0 Å². The van der Waals surface area contributed by atoms with Gasteiger partial charge in [-0.2, -0.15) is 0 Å². The Bertz CT molecular complexity index is 512. The maximum atomic E-state index is 11.3. The van der Waals surface area contributed by atoms with Gasteiger partial charge < -0.3 is 5.11 Å². The summed E-state index contributed by atoms with van der Waals surface area (Å²) in [6.07, 6.45) is 3.78. The third kappa shape index (κ3) is 3.05. The summed E-state index contributed by atoms with van der Waals surface area (Å²) in [6, 6.07) is 7.16. The van der Waals surface area contributed by atoms with Crippen molar-refractivity contribution >= 4 is 28.9 Å². The van der Waals surface area contributed by atoms with E-state index in [0.717, 1.165) is 10.4 Å². The Hall–Kier alpha value is -1.39. The molecule has 17 heavy (non-hydrogen) atoms. The van der Waals surface area contributed by atoms with Crippen molar-refractivity contribution in [3.63, 3.8) is 0 Å². The highest BCUT2D eigenvalue weighted by Gasteiger charge is 2.22. The molecule has 2 heterocycles. The number of carboxylic acid groups (broad SMARTS) is 1. The lowest BCUT2D eigenvalue weighted by Crippen LogP contribution is -2.13. The van der Waals surface area contributed by atoms with Crippen molar-refractivity contribution < 1.29 is 9.90 Å². The fourth-order valence-electron chi connectivity index (χ4n) is 1.58. The van der Waals surface area contributed by atoms with Crippen LogP contribution in [0.2, 0.25) is 4.34 Å². The Morgan fingerprint density at radius 1 is 1.47 bits per heavy atom. The monoisotopic (exact) mass is 267 g/mol. The van der Waals surface area contributed by atoms with Gasteiger partial charge in [-0.3, -0.25) is 9.78 Å². The van der Waals surface area contributed by atoms with E-state index in [-0.39, 0.29) is 0 Å². The second kappa shape index (κ2) is 5.29. The molecule has 0 radical (unpaired) electrons. The number of carbonyl (C=O) groups is 1. The van der Waals surface area contributed by atoms with Crippen molar-refractivity contribution in [2.45, 2.75) is 12.3 Å². The molecule has 0 saturated carbocycles. The number of aliphatic carboxylic acids is 1. The fraction of sp³-hybridized carbons (Fsp3) is 0.167. The van der Waals surface area contributed by atoms with Crippen LogP contribution in [0.4, 0.5) is 0 Å². The molecule has 0 aliphatic heterocycles. The van der Waals surface area contributed by atoms with Gasteiger partial charge in [-0.1, -0.05) is 17.7 Å². The van der Waals surface area contributed by atoms with E-state index < -0.39 is 11.9 Å². The molecule has 2 rings (SSSR count). The number of hydrogen-bond acceptors (Lipinski definition) is 3. The molecule has 0 fully saturated rings. The van der Waals surface area contributed by atoms with Crippen LogP contribution >= 0.6 is 22.9 Å². The van der Waals surface area contributed by atoms with E-state index >= 15 is 0 Å². The van der Waals surface area contributed by atoms with Gasteiger partial charge in [0.05, 0.1) is 10.3 Å². The van der Waals surface area contributed by atoms with E-state index in [2.05, 4.69) is 4.98 Å². The maximum Gasteiger partial charge on any atom is 0.312 e. The first-order chi connectivity index (χ1) is 8.16. The number of pyridine rings is 1. The van der Waals surface area contributed by atoms with Crippen molar-refractivity contribution in [2.24, 2.45) is 0 Å². The number of aromatic nitrogens is 1. The van der Waals surface area contributed by atoms with Gasteiger partial charge in [-0.05, 0) is 30.2 Å². The lowest BCUT2D eigenvalue weighted by atomic mass is 9.99. The molecule has 1 N–H and O–H groups in total. The van der Waals surface area contributed by atoms with Crippen molar-refractivity contribution in [2.75, 3.05) is 0 Å². The van der Waals surface area contributed by atoms with Crippen LogP contribution in [-0.4, -0.2) is 16.1 Å². The minimum absolute atomic E-state index is 0.431. The molecule has 2 aromatic heterocycles. The zero-order valence-electron chi connectivity index (χ0n) is 8.84. The summed E-state index contributed by atoms with van der Waals surface area (Å²) >= 11 is 7.13. The molecule has 1 atom stereocenters. The van der Waals surface area contributed by atoms with Gasteiger partial charge in [0.15, 0.2) is 0 Å². The molecular weight excluding hydrogens is 258 g/mol. The van der Waals surface area contributed by atoms with Gasteiger partial charge in [0.2, 0.25) is 0 Å². The van der Waals surface area contributed by atoms with E-state index in [1.807, 2.05) is 6.07 Å². The maximum absolute atomic E-state index is 11.3. The largest absolute Gasteiger partial charge is 0.481 e.